The summed E-state index contributed by atoms with van der Waals surface area (Å²) >= 11 is 1.94. The molecular formula is C10H13NOS. The van der Waals surface area contributed by atoms with Gasteiger partial charge in [0.15, 0.2) is 0 Å². The quantitative estimate of drug-likeness (QED) is 0.595. The molecule has 0 aromatic heterocycles. The zero-order chi connectivity index (χ0) is 8.47. The molecule has 0 amide bonds. The summed E-state index contributed by atoms with van der Waals surface area (Å²) < 4.78 is 5.96. The summed E-state index contributed by atoms with van der Waals surface area (Å²) in [7, 11) is 0. The number of hydrogen-bond donors (Lipinski definition) is 0. The summed E-state index contributed by atoms with van der Waals surface area (Å²) in [4.78, 5) is 4.60. The van der Waals surface area contributed by atoms with E-state index in [9.17, 15) is 0 Å². The number of aliphatic imine (C=N–C) groups is 1. The van der Waals surface area contributed by atoms with Gasteiger partial charge in [-0.05, 0) is 31.1 Å². The first-order valence-electron chi connectivity index (χ1n) is 5.27. The van der Waals surface area contributed by atoms with Crippen LogP contribution in [0.4, 0.5) is 0 Å². The number of ether oxygens (including phenoxy) is 1. The molecular weight excluding hydrogens is 182 g/mol. The lowest BCUT2D eigenvalue weighted by atomic mass is 9.89. The van der Waals surface area contributed by atoms with E-state index in [1.165, 1.54) is 30.1 Å². The lowest BCUT2D eigenvalue weighted by Gasteiger charge is -2.17. The number of rotatable bonds is 1. The SMILES string of the molecule is C1CSC(C23OC2C2CCC3C2)=N1. The maximum absolute atomic E-state index is 5.96. The van der Waals surface area contributed by atoms with Crippen molar-refractivity contribution < 1.29 is 4.74 Å². The highest BCUT2D eigenvalue weighted by atomic mass is 32.2. The van der Waals surface area contributed by atoms with E-state index < -0.39 is 0 Å². The number of thioether (sulfide) groups is 1. The molecule has 2 saturated carbocycles. The van der Waals surface area contributed by atoms with Crippen LogP contribution in [0.15, 0.2) is 4.99 Å². The van der Waals surface area contributed by atoms with Crippen LogP contribution < -0.4 is 0 Å². The van der Waals surface area contributed by atoms with Gasteiger partial charge in [0.1, 0.15) is 10.6 Å². The number of nitrogens with zero attached hydrogens (tertiary/aromatic N) is 1. The van der Waals surface area contributed by atoms with E-state index in [0.29, 0.717) is 6.10 Å². The Balaban J connectivity index is 1.74. The largest absolute Gasteiger partial charge is 0.358 e. The second kappa shape index (κ2) is 2.14. The van der Waals surface area contributed by atoms with Crippen molar-refractivity contribution >= 4 is 16.8 Å². The molecule has 0 aromatic carbocycles. The van der Waals surface area contributed by atoms with Crippen LogP contribution in [0, 0.1) is 11.8 Å². The van der Waals surface area contributed by atoms with Gasteiger partial charge in [-0.25, -0.2) is 0 Å². The predicted octanol–water partition coefficient (Wildman–Crippen LogP) is 1.70. The summed E-state index contributed by atoms with van der Waals surface area (Å²) in [5.74, 6) is 2.89. The minimum Gasteiger partial charge on any atom is -0.358 e. The molecule has 0 radical (unpaired) electrons. The van der Waals surface area contributed by atoms with Gasteiger partial charge in [-0.2, -0.15) is 0 Å². The number of hydrogen-bond acceptors (Lipinski definition) is 3. The Morgan fingerprint density at radius 3 is 3.15 bits per heavy atom. The first kappa shape index (κ1) is 7.30. The summed E-state index contributed by atoms with van der Waals surface area (Å²) in [6.45, 7) is 1.02. The summed E-state index contributed by atoms with van der Waals surface area (Å²) in [6, 6.07) is 0. The second-order valence-corrected chi connectivity index (χ2v) is 5.72. The van der Waals surface area contributed by atoms with Crippen LogP contribution in [0.2, 0.25) is 0 Å². The van der Waals surface area contributed by atoms with Crippen molar-refractivity contribution in [3.63, 3.8) is 0 Å². The van der Waals surface area contributed by atoms with Crippen molar-refractivity contribution in [1.29, 1.82) is 0 Å². The first-order chi connectivity index (χ1) is 6.41. The molecule has 4 rings (SSSR count). The van der Waals surface area contributed by atoms with Gasteiger partial charge in [-0.1, -0.05) is 0 Å². The second-order valence-electron chi connectivity index (χ2n) is 4.64. The summed E-state index contributed by atoms with van der Waals surface area (Å²) in [5, 5.41) is 1.35. The van der Waals surface area contributed by atoms with Crippen molar-refractivity contribution in [1.82, 2.24) is 0 Å². The van der Waals surface area contributed by atoms with Crippen molar-refractivity contribution in [3.05, 3.63) is 0 Å². The molecule has 13 heavy (non-hydrogen) atoms. The van der Waals surface area contributed by atoms with Crippen LogP contribution in [-0.2, 0) is 4.74 Å². The highest BCUT2D eigenvalue weighted by molar-refractivity contribution is 8.14. The zero-order valence-corrected chi connectivity index (χ0v) is 8.35. The van der Waals surface area contributed by atoms with Crippen LogP contribution in [0.5, 0.6) is 0 Å². The van der Waals surface area contributed by atoms with Gasteiger partial charge >= 0.3 is 0 Å². The van der Waals surface area contributed by atoms with Gasteiger partial charge in [0.25, 0.3) is 0 Å². The van der Waals surface area contributed by atoms with E-state index in [-0.39, 0.29) is 5.60 Å². The third kappa shape index (κ3) is 0.711. The van der Waals surface area contributed by atoms with Gasteiger partial charge in [0.05, 0.1) is 6.10 Å². The lowest BCUT2D eigenvalue weighted by Crippen LogP contribution is -2.30. The van der Waals surface area contributed by atoms with Crippen molar-refractivity contribution in [2.75, 3.05) is 12.3 Å². The fraction of sp³-hybridized carbons (Fsp3) is 0.900. The molecule has 0 aromatic rings. The van der Waals surface area contributed by atoms with Crippen LogP contribution in [0.25, 0.3) is 0 Å². The average Bonchev–Trinajstić information content (AvgIpc) is 2.67. The van der Waals surface area contributed by atoms with E-state index in [0.717, 1.165) is 18.4 Å². The van der Waals surface area contributed by atoms with E-state index >= 15 is 0 Å². The standard InChI is InChI=1S/C10H13NOS/c1-2-7-5-6(1)8-10(7,12-8)9-11-3-4-13-9/h6-8H,1-5H2. The molecule has 3 heteroatoms. The Bertz CT molecular complexity index is 303. The highest BCUT2D eigenvalue weighted by Gasteiger charge is 2.74. The lowest BCUT2D eigenvalue weighted by molar-refractivity contribution is 0.239. The fourth-order valence-electron chi connectivity index (χ4n) is 3.55. The van der Waals surface area contributed by atoms with E-state index in [1.54, 1.807) is 0 Å². The number of fused-ring (bicyclic) bond motifs is 5. The Hall–Kier alpha value is -0.0200. The molecule has 4 unspecified atom stereocenters. The minimum absolute atomic E-state index is 0.171. The molecule has 2 aliphatic heterocycles. The third-order valence-corrected chi connectivity index (χ3v) is 5.22. The van der Waals surface area contributed by atoms with E-state index in [4.69, 9.17) is 4.74 Å². The average molecular weight is 195 g/mol. The molecule has 4 aliphatic rings. The van der Waals surface area contributed by atoms with Crippen LogP contribution in [0.1, 0.15) is 19.3 Å². The Morgan fingerprint density at radius 1 is 1.46 bits per heavy atom. The van der Waals surface area contributed by atoms with E-state index in [1.807, 2.05) is 11.8 Å². The summed E-state index contributed by atoms with van der Waals surface area (Å²) in [5.41, 5.74) is 0.171. The van der Waals surface area contributed by atoms with Gasteiger partial charge in [0, 0.05) is 12.3 Å². The maximum Gasteiger partial charge on any atom is 0.145 e. The van der Waals surface area contributed by atoms with Crippen LogP contribution in [0.3, 0.4) is 0 Å². The topological polar surface area (TPSA) is 24.9 Å². The van der Waals surface area contributed by atoms with E-state index in [2.05, 4.69) is 4.99 Å². The van der Waals surface area contributed by atoms with Gasteiger partial charge in [0.2, 0.25) is 0 Å². The molecule has 0 N–H and O–H groups in total. The predicted molar refractivity (Wildman–Crippen MR) is 53.2 cm³/mol. The zero-order valence-electron chi connectivity index (χ0n) is 7.53. The smallest absolute Gasteiger partial charge is 0.145 e. The van der Waals surface area contributed by atoms with Crippen molar-refractivity contribution in [3.8, 4) is 0 Å². The molecule has 1 saturated heterocycles. The van der Waals surface area contributed by atoms with Crippen molar-refractivity contribution in [2.45, 2.75) is 31.0 Å². The van der Waals surface area contributed by atoms with Gasteiger partial charge < -0.3 is 4.74 Å². The van der Waals surface area contributed by atoms with Crippen LogP contribution >= 0.6 is 11.8 Å². The maximum atomic E-state index is 5.96. The Labute approximate surface area is 82.1 Å². The van der Waals surface area contributed by atoms with Gasteiger partial charge in [-0.15, -0.1) is 11.8 Å². The number of epoxide rings is 1. The first-order valence-corrected chi connectivity index (χ1v) is 6.25. The molecule has 2 heterocycles. The molecule has 4 atom stereocenters. The highest BCUT2D eigenvalue weighted by Crippen LogP contribution is 2.65. The third-order valence-electron chi connectivity index (χ3n) is 4.11. The molecule has 2 bridgehead atoms. The summed E-state index contributed by atoms with van der Waals surface area (Å²) in [6.07, 6.45) is 4.80. The van der Waals surface area contributed by atoms with Crippen LogP contribution in [-0.4, -0.2) is 29.0 Å². The molecule has 3 fully saturated rings. The molecule has 70 valence electrons. The Kier molecular flexibility index (Phi) is 1.20. The van der Waals surface area contributed by atoms with Crippen molar-refractivity contribution in [2.24, 2.45) is 16.8 Å². The molecule has 0 spiro atoms. The monoisotopic (exact) mass is 195 g/mol. The Morgan fingerprint density at radius 2 is 2.46 bits per heavy atom. The molecule has 2 nitrogen and oxygen atoms in total. The minimum atomic E-state index is 0.171. The fourth-order valence-corrected chi connectivity index (χ4v) is 4.67. The van der Waals surface area contributed by atoms with Gasteiger partial charge in [-0.3, -0.25) is 4.99 Å². The molecule has 2 aliphatic carbocycles. The normalized spacial score (nSPS) is 56.6.